The van der Waals surface area contributed by atoms with Crippen molar-refractivity contribution in [3.8, 4) is 0 Å². The van der Waals surface area contributed by atoms with Gasteiger partial charge in [-0.2, -0.15) is 0 Å². The Kier molecular flexibility index (Phi) is 1.52. The Labute approximate surface area is 67.2 Å². The van der Waals surface area contributed by atoms with Crippen molar-refractivity contribution in [2.75, 3.05) is 0 Å². The molecule has 2 aliphatic carbocycles. The van der Waals surface area contributed by atoms with Crippen LogP contribution in [0.1, 0.15) is 32.6 Å². The van der Waals surface area contributed by atoms with Crippen molar-refractivity contribution in [3.63, 3.8) is 0 Å². The van der Waals surface area contributed by atoms with Crippen molar-refractivity contribution >= 4 is 0 Å². The summed E-state index contributed by atoms with van der Waals surface area (Å²) in [6.45, 7) is 1.91. The monoisotopic (exact) mass is 156 g/mol. The first-order valence-corrected chi connectivity index (χ1v) is 4.47. The van der Waals surface area contributed by atoms with E-state index in [1.165, 1.54) is 0 Å². The smallest absolute Gasteiger partial charge is 0.0625 e. The Morgan fingerprint density at radius 2 is 1.64 bits per heavy atom. The molecule has 2 fully saturated rings. The van der Waals surface area contributed by atoms with Crippen LogP contribution in [0.25, 0.3) is 0 Å². The average Bonchev–Trinajstić information content (AvgIpc) is 2.17. The number of aliphatic hydroxyl groups excluding tert-OH is 1. The molecule has 2 aliphatic rings. The Hall–Kier alpha value is -0.0800. The average molecular weight is 156 g/mol. The zero-order valence-electron chi connectivity index (χ0n) is 6.95. The molecular weight excluding hydrogens is 140 g/mol. The Morgan fingerprint density at radius 3 is 2.09 bits per heavy atom. The van der Waals surface area contributed by atoms with Crippen LogP contribution in [0.5, 0.6) is 0 Å². The predicted molar refractivity (Wildman–Crippen MR) is 42.1 cm³/mol. The van der Waals surface area contributed by atoms with Gasteiger partial charge in [-0.15, -0.1) is 0 Å². The van der Waals surface area contributed by atoms with Crippen LogP contribution in [0.4, 0.5) is 0 Å². The molecule has 0 aromatic carbocycles. The van der Waals surface area contributed by atoms with Crippen LogP contribution in [-0.4, -0.2) is 21.9 Å². The molecule has 0 aromatic heterocycles. The van der Waals surface area contributed by atoms with Gasteiger partial charge in [-0.05, 0) is 44.4 Å². The molecule has 11 heavy (non-hydrogen) atoms. The fraction of sp³-hybridized carbons (Fsp3) is 1.00. The molecule has 0 saturated heterocycles. The maximum Gasteiger partial charge on any atom is 0.0625 e. The van der Waals surface area contributed by atoms with E-state index in [2.05, 4.69) is 0 Å². The summed E-state index contributed by atoms with van der Waals surface area (Å²) in [6.07, 6.45) is 3.55. The van der Waals surface area contributed by atoms with Gasteiger partial charge in [-0.25, -0.2) is 0 Å². The predicted octanol–water partition coefficient (Wildman–Crippen LogP) is 0.918. The van der Waals surface area contributed by atoms with Crippen LogP contribution < -0.4 is 0 Å². The summed E-state index contributed by atoms with van der Waals surface area (Å²) in [5.41, 5.74) is -0.435. The fourth-order valence-electron chi connectivity index (χ4n) is 2.89. The summed E-state index contributed by atoms with van der Waals surface area (Å²) >= 11 is 0. The van der Waals surface area contributed by atoms with Crippen LogP contribution in [0.2, 0.25) is 0 Å². The number of fused-ring (bicyclic) bond motifs is 1. The van der Waals surface area contributed by atoms with Gasteiger partial charge >= 0.3 is 0 Å². The first-order chi connectivity index (χ1) is 5.07. The lowest BCUT2D eigenvalue weighted by Crippen LogP contribution is -2.20. The second kappa shape index (κ2) is 2.20. The summed E-state index contributed by atoms with van der Waals surface area (Å²) in [4.78, 5) is 0. The van der Waals surface area contributed by atoms with Crippen LogP contribution in [0.15, 0.2) is 0 Å². The standard InChI is InChI=1S/C9H16O2/c1-9(11)4-6-2-8(10)3-7(6)5-9/h6-8,10-11H,2-5H2,1H3/t6-,7+,8-,9+. The molecule has 0 amide bonds. The van der Waals surface area contributed by atoms with E-state index in [-0.39, 0.29) is 6.10 Å². The molecule has 2 saturated carbocycles. The van der Waals surface area contributed by atoms with Crippen LogP contribution >= 0.6 is 0 Å². The van der Waals surface area contributed by atoms with Crippen molar-refractivity contribution in [1.82, 2.24) is 0 Å². The minimum atomic E-state index is -0.435. The molecule has 0 aliphatic heterocycles. The van der Waals surface area contributed by atoms with E-state index in [9.17, 15) is 10.2 Å². The number of rotatable bonds is 0. The van der Waals surface area contributed by atoms with E-state index in [0.29, 0.717) is 11.8 Å². The maximum atomic E-state index is 9.70. The van der Waals surface area contributed by atoms with E-state index in [0.717, 1.165) is 25.7 Å². The molecular formula is C9H16O2. The van der Waals surface area contributed by atoms with Crippen LogP contribution in [0, 0.1) is 11.8 Å². The molecule has 0 heterocycles. The second-order valence-electron chi connectivity index (χ2n) is 4.55. The summed E-state index contributed by atoms with van der Waals surface area (Å²) < 4.78 is 0. The Balaban J connectivity index is 2.04. The van der Waals surface area contributed by atoms with Gasteiger partial charge in [0.25, 0.3) is 0 Å². The SMILES string of the molecule is C[C@]1(O)C[C@H]2C[C@@H](O)C[C@H]2C1. The normalized spacial score (nSPS) is 56.5. The molecule has 2 N–H and O–H groups in total. The largest absolute Gasteiger partial charge is 0.393 e. The summed E-state index contributed by atoms with van der Waals surface area (Å²) in [6, 6.07) is 0. The minimum Gasteiger partial charge on any atom is -0.393 e. The van der Waals surface area contributed by atoms with Gasteiger partial charge in [0, 0.05) is 0 Å². The molecule has 64 valence electrons. The lowest BCUT2D eigenvalue weighted by molar-refractivity contribution is 0.0511. The zero-order chi connectivity index (χ0) is 8.06. The topological polar surface area (TPSA) is 40.5 Å². The number of aliphatic hydroxyl groups is 2. The third-order valence-corrected chi connectivity index (χ3v) is 3.22. The maximum absolute atomic E-state index is 9.70. The fourth-order valence-corrected chi connectivity index (χ4v) is 2.89. The van der Waals surface area contributed by atoms with E-state index in [4.69, 9.17) is 0 Å². The van der Waals surface area contributed by atoms with Crippen molar-refractivity contribution in [2.24, 2.45) is 11.8 Å². The molecule has 4 atom stereocenters. The van der Waals surface area contributed by atoms with Crippen molar-refractivity contribution in [1.29, 1.82) is 0 Å². The number of hydrogen-bond donors (Lipinski definition) is 2. The summed E-state index contributed by atoms with van der Waals surface area (Å²) in [5.74, 6) is 1.19. The minimum absolute atomic E-state index is 0.0823. The summed E-state index contributed by atoms with van der Waals surface area (Å²) in [5, 5.41) is 19.0. The van der Waals surface area contributed by atoms with Crippen LogP contribution in [0.3, 0.4) is 0 Å². The quantitative estimate of drug-likeness (QED) is 0.547. The van der Waals surface area contributed by atoms with Crippen LogP contribution in [-0.2, 0) is 0 Å². The first kappa shape index (κ1) is 7.56. The lowest BCUT2D eigenvalue weighted by atomic mass is 10.0. The van der Waals surface area contributed by atoms with Crippen molar-refractivity contribution in [2.45, 2.75) is 44.3 Å². The van der Waals surface area contributed by atoms with Gasteiger partial charge < -0.3 is 10.2 Å². The van der Waals surface area contributed by atoms with Gasteiger partial charge in [0.2, 0.25) is 0 Å². The molecule has 0 unspecified atom stereocenters. The van der Waals surface area contributed by atoms with E-state index in [1.807, 2.05) is 6.92 Å². The molecule has 0 radical (unpaired) electrons. The highest BCUT2D eigenvalue weighted by atomic mass is 16.3. The van der Waals surface area contributed by atoms with E-state index >= 15 is 0 Å². The first-order valence-electron chi connectivity index (χ1n) is 4.47. The third kappa shape index (κ3) is 1.30. The van der Waals surface area contributed by atoms with Gasteiger partial charge in [0.05, 0.1) is 11.7 Å². The lowest BCUT2D eigenvalue weighted by Gasteiger charge is -2.17. The van der Waals surface area contributed by atoms with Crippen molar-refractivity contribution < 1.29 is 10.2 Å². The third-order valence-electron chi connectivity index (χ3n) is 3.22. The molecule has 0 aromatic rings. The highest BCUT2D eigenvalue weighted by Crippen LogP contribution is 2.48. The zero-order valence-corrected chi connectivity index (χ0v) is 6.95. The molecule has 0 bridgehead atoms. The summed E-state index contributed by atoms with van der Waals surface area (Å²) in [7, 11) is 0. The van der Waals surface area contributed by atoms with Gasteiger partial charge in [0.15, 0.2) is 0 Å². The Morgan fingerprint density at radius 1 is 1.18 bits per heavy atom. The van der Waals surface area contributed by atoms with E-state index < -0.39 is 5.60 Å². The van der Waals surface area contributed by atoms with Gasteiger partial charge in [-0.1, -0.05) is 0 Å². The highest BCUT2D eigenvalue weighted by Gasteiger charge is 2.45. The Bertz CT molecular complexity index is 149. The van der Waals surface area contributed by atoms with Gasteiger partial charge in [-0.3, -0.25) is 0 Å². The molecule has 2 heteroatoms. The molecule has 0 spiro atoms. The highest BCUT2D eigenvalue weighted by molar-refractivity contribution is 4.97. The molecule has 2 rings (SSSR count). The number of hydrogen-bond acceptors (Lipinski definition) is 2. The van der Waals surface area contributed by atoms with E-state index in [1.54, 1.807) is 0 Å². The second-order valence-corrected chi connectivity index (χ2v) is 4.55. The van der Waals surface area contributed by atoms with Crippen molar-refractivity contribution in [3.05, 3.63) is 0 Å². The van der Waals surface area contributed by atoms with Gasteiger partial charge in [0.1, 0.15) is 0 Å². The molecule has 2 nitrogen and oxygen atoms in total.